The van der Waals surface area contributed by atoms with Gasteiger partial charge in [0.25, 0.3) is 0 Å². The van der Waals surface area contributed by atoms with Crippen molar-refractivity contribution >= 4 is 40.0 Å². The van der Waals surface area contributed by atoms with E-state index in [1.54, 1.807) is 6.07 Å². The Bertz CT molecular complexity index is 685. The topological polar surface area (TPSA) is 114 Å². The number of pyridine rings is 1. The van der Waals surface area contributed by atoms with Crippen molar-refractivity contribution in [1.82, 2.24) is 20.3 Å². The van der Waals surface area contributed by atoms with Crippen LogP contribution >= 0.6 is 24.0 Å². The van der Waals surface area contributed by atoms with Gasteiger partial charge >= 0.3 is 0 Å². The Morgan fingerprint density at radius 1 is 1.38 bits per heavy atom. The van der Waals surface area contributed by atoms with Gasteiger partial charge in [-0.1, -0.05) is 0 Å². The molecule has 3 N–H and O–H groups in total. The number of halogens is 1. The summed E-state index contributed by atoms with van der Waals surface area (Å²) in [5, 5.41) is 6.26. The molecule has 1 aromatic heterocycles. The van der Waals surface area contributed by atoms with E-state index in [9.17, 15) is 8.42 Å². The predicted octanol–water partition coefficient (Wildman–Crippen LogP) is 0.976. The van der Waals surface area contributed by atoms with Crippen LogP contribution in [0.15, 0.2) is 34.4 Å². The molecule has 0 aliphatic carbocycles. The lowest BCUT2D eigenvalue weighted by Crippen LogP contribution is -2.41. The highest BCUT2D eigenvalue weighted by Gasteiger charge is 2.15. The van der Waals surface area contributed by atoms with Crippen LogP contribution in [0.2, 0.25) is 0 Å². The quantitative estimate of drug-likeness (QED) is 0.157. The van der Waals surface area contributed by atoms with Crippen molar-refractivity contribution in [2.45, 2.75) is 24.7 Å². The Kier molecular flexibility index (Phi) is 13.4. The molecule has 0 spiro atoms. The van der Waals surface area contributed by atoms with E-state index in [4.69, 9.17) is 9.47 Å². The van der Waals surface area contributed by atoms with Crippen molar-refractivity contribution in [1.29, 1.82) is 0 Å². The second-order valence-corrected chi connectivity index (χ2v) is 8.20. The number of hydrogen-bond acceptors (Lipinski definition) is 6. The van der Waals surface area contributed by atoms with Gasteiger partial charge in [-0.05, 0) is 31.9 Å². The highest BCUT2D eigenvalue weighted by molar-refractivity contribution is 14.0. The van der Waals surface area contributed by atoms with E-state index in [2.05, 4.69) is 25.3 Å². The monoisotopic (exact) mass is 541 g/mol. The number of ether oxygens (including phenoxy) is 2. The predicted molar refractivity (Wildman–Crippen MR) is 123 cm³/mol. The number of aliphatic imine (C=N–C) groups is 1. The second kappa shape index (κ2) is 14.9. The molecule has 166 valence electrons. The van der Waals surface area contributed by atoms with Crippen LogP contribution in [0, 0.1) is 5.92 Å². The summed E-state index contributed by atoms with van der Waals surface area (Å²) < 4.78 is 37.8. The van der Waals surface area contributed by atoms with E-state index in [1.807, 2.05) is 6.92 Å². The minimum atomic E-state index is -3.54. The first-order chi connectivity index (χ1) is 13.6. The molecule has 0 bridgehead atoms. The van der Waals surface area contributed by atoms with E-state index in [0.29, 0.717) is 31.6 Å². The standard InChI is InChI=1S/C18H31N5O4S.HI/c1-2-20-18(21-8-4-11-26-14-16-6-12-27-15-16)22-9-10-23-28(24,25)17-5-3-7-19-13-17;/h3,5,7,13,16,23H,2,4,6,8-12,14-15H2,1H3,(H2,20,21,22);1H. The van der Waals surface area contributed by atoms with Crippen LogP contribution in [0.4, 0.5) is 0 Å². The normalized spacial score (nSPS) is 17.0. The first kappa shape index (κ1) is 26.0. The van der Waals surface area contributed by atoms with Gasteiger partial charge < -0.3 is 20.1 Å². The molecule has 1 aliphatic heterocycles. The zero-order valence-corrected chi connectivity index (χ0v) is 19.9. The Hall–Kier alpha value is -1.02. The third kappa shape index (κ3) is 10.5. The molecule has 29 heavy (non-hydrogen) atoms. The molecule has 1 fully saturated rings. The van der Waals surface area contributed by atoms with Crippen molar-refractivity contribution in [3.63, 3.8) is 0 Å². The number of sulfonamides is 1. The zero-order valence-electron chi connectivity index (χ0n) is 16.8. The minimum absolute atomic E-state index is 0. The van der Waals surface area contributed by atoms with Gasteiger partial charge in [0, 0.05) is 57.7 Å². The van der Waals surface area contributed by atoms with Crippen LogP contribution < -0.4 is 15.4 Å². The smallest absolute Gasteiger partial charge is 0.242 e. The van der Waals surface area contributed by atoms with Gasteiger partial charge in [0.1, 0.15) is 4.90 Å². The number of aromatic nitrogens is 1. The van der Waals surface area contributed by atoms with E-state index in [-0.39, 0.29) is 35.4 Å². The Morgan fingerprint density at radius 3 is 2.93 bits per heavy atom. The molecule has 1 atom stereocenters. The van der Waals surface area contributed by atoms with Crippen molar-refractivity contribution in [2.75, 3.05) is 52.6 Å². The lowest BCUT2D eigenvalue weighted by Gasteiger charge is -2.12. The maximum Gasteiger partial charge on any atom is 0.242 e. The van der Waals surface area contributed by atoms with Gasteiger partial charge in [-0.2, -0.15) is 0 Å². The number of guanidine groups is 1. The lowest BCUT2D eigenvalue weighted by atomic mass is 10.1. The van der Waals surface area contributed by atoms with Crippen molar-refractivity contribution in [2.24, 2.45) is 10.9 Å². The average Bonchev–Trinajstić information content (AvgIpc) is 3.22. The average molecular weight is 541 g/mol. The van der Waals surface area contributed by atoms with E-state index in [0.717, 1.165) is 39.2 Å². The number of nitrogens with zero attached hydrogens (tertiary/aromatic N) is 2. The van der Waals surface area contributed by atoms with Gasteiger partial charge in [-0.15, -0.1) is 24.0 Å². The fourth-order valence-electron chi connectivity index (χ4n) is 2.62. The third-order valence-corrected chi connectivity index (χ3v) is 5.54. The molecule has 0 radical (unpaired) electrons. The molecule has 9 nitrogen and oxygen atoms in total. The minimum Gasteiger partial charge on any atom is -0.381 e. The zero-order chi connectivity index (χ0) is 20.1. The fraction of sp³-hybridized carbons (Fsp3) is 0.667. The molecule has 2 rings (SSSR count). The van der Waals surface area contributed by atoms with Crippen LogP contribution in [-0.2, 0) is 19.5 Å². The summed E-state index contributed by atoms with van der Waals surface area (Å²) in [5.41, 5.74) is 0. The molecule has 0 aromatic carbocycles. The van der Waals surface area contributed by atoms with Gasteiger partial charge in [-0.3, -0.25) is 9.98 Å². The van der Waals surface area contributed by atoms with Gasteiger partial charge in [0.05, 0.1) is 13.2 Å². The summed E-state index contributed by atoms with van der Waals surface area (Å²) in [5.74, 6) is 1.19. The molecule has 1 saturated heterocycles. The Balaban J connectivity index is 0.00000420. The number of rotatable bonds is 12. The SMILES string of the molecule is CCNC(=NCCCOCC1CCOC1)NCCNS(=O)(=O)c1cccnc1.I. The van der Waals surface area contributed by atoms with Crippen molar-refractivity contribution in [3.05, 3.63) is 24.5 Å². The van der Waals surface area contributed by atoms with E-state index in [1.165, 1.54) is 18.5 Å². The first-order valence-electron chi connectivity index (χ1n) is 9.69. The van der Waals surface area contributed by atoms with Crippen LogP contribution in [0.1, 0.15) is 19.8 Å². The molecular formula is C18H32IN5O4S. The van der Waals surface area contributed by atoms with Crippen molar-refractivity contribution < 1.29 is 17.9 Å². The largest absolute Gasteiger partial charge is 0.381 e. The summed E-state index contributed by atoms with van der Waals surface area (Å²) in [6, 6.07) is 3.10. The summed E-state index contributed by atoms with van der Waals surface area (Å²) in [6.45, 7) is 7.07. The lowest BCUT2D eigenvalue weighted by molar-refractivity contribution is 0.0893. The molecule has 11 heteroatoms. The Labute approximate surface area is 190 Å². The van der Waals surface area contributed by atoms with Crippen molar-refractivity contribution in [3.8, 4) is 0 Å². The van der Waals surface area contributed by atoms with Crippen LogP contribution in [-0.4, -0.2) is 72.0 Å². The molecule has 0 amide bonds. The van der Waals surface area contributed by atoms with Gasteiger partial charge in [-0.25, -0.2) is 13.1 Å². The third-order valence-electron chi connectivity index (χ3n) is 4.09. The fourth-order valence-corrected chi connectivity index (χ4v) is 3.61. The molecular weight excluding hydrogens is 509 g/mol. The summed E-state index contributed by atoms with van der Waals surface area (Å²) >= 11 is 0. The van der Waals surface area contributed by atoms with E-state index < -0.39 is 10.0 Å². The van der Waals surface area contributed by atoms with Crippen LogP contribution in [0.25, 0.3) is 0 Å². The summed E-state index contributed by atoms with van der Waals surface area (Å²) in [6.07, 6.45) is 4.77. The first-order valence-corrected chi connectivity index (χ1v) is 11.2. The van der Waals surface area contributed by atoms with Crippen LogP contribution in [0.5, 0.6) is 0 Å². The molecule has 0 saturated carbocycles. The van der Waals surface area contributed by atoms with Gasteiger partial charge in [0.2, 0.25) is 10.0 Å². The summed E-state index contributed by atoms with van der Waals surface area (Å²) in [7, 11) is -3.54. The highest BCUT2D eigenvalue weighted by Crippen LogP contribution is 2.12. The Morgan fingerprint density at radius 2 is 2.24 bits per heavy atom. The van der Waals surface area contributed by atoms with E-state index >= 15 is 0 Å². The number of hydrogen-bond donors (Lipinski definition) is 3. The number of nitrogens with one attached hydrogen (secondary N) is 3. The highest BCUT2D eigenvalue weighted by atomic mass is 127. The maximum absolute atomic E-state index is 12.1. The van der Waals surface area contributed by atoms with Crippen LogP contribution in [0.3, 0.4) is 0 Å². The van der Waals surface area contributed by atoms with Gasteiger partial charge in [0.15, 0.2) is 5.96 Å². The molecule has 2 heterocycles. The molecule has 1 aromatic rings. The second-order valence-electron chi connectivity index (χ2n) is 6.43. The summed E-state index contributed by atoms with van der Waals surface area (Å²) in [4.78, 5) is 8.46. The molecule has 1 unspecified atom stereocenters. The maximum atomic E-state index is 12.1. The molecule has 1 aliphatic rings.